The molecular formula is C42H34Cl2N4O4S2. The first-order valence-corrected chi connectivity index (χ1v) is 19.4. The van der Waals surface area contributed by atoms with Gasteiger partial charge in [0.15, 0.2) is 5.13 Å². The van der Waals surface area contributed by atoms with Gasteiger partial charge in [0.05, 0.1) is 21.0 Å². The molecule has 0 radical (unpaired) electrons. The van der Waals surface area contributed by atoms with Gasteiger partial charge in [0.2, 0.25) is 5.91 Å². The zero-order valence-electron chi connectivity index (χ0n) is 28.9. The Labute approximate surface area is 331 Å². The number of hydrogen-bond donors (Lipinski definition) is 3. The summed E-state index contributed by atoms with van der Waals surface area (Å²) in [6, 6.07) is 38.3. The first-order valence-electron chi connectivity index (χ1n) is 16.9. The number of benzene rings is 5. The zero-order valence-corrected chi connectivity index (χ0v) is 32.1. The monoisotopic (exact) mass is 792 g/mol. The Kier molecular flexibility index (Phi) is 13.2. The second-order valence-electron chi connectivity index (χ2n) is 11.9. The summed E-state index contributed by atoms with van der Waals surface area (Å²) in [5, 5.41) is 11.4. The van der Waals surface area contributed by atoms with Crippen LogP contribution >= 0.6 is 46.3 Å². The minimum absolute atomic E-state index is 0.0503. The van der Waals surface area contributed by atoms with E-state index >= 15 is 0 Å². The van der Waals surface area contributed by atoms with Crippen molar-refractivity contribution in [1.29, 1.82) is 0 Å². The lowest BCUT2D eigenvalue weighted by Crippen LogP contribution is -2.30. The number of nitrogens with zero attached hydrogens (tertiary/aromatic N) is 1. The molecule has 54 heavy (non-hydrogen) atoms. The third-order valence-electron chi connectivity index (χ3n) is 7.95. The molecule has 3 N–H and O–H groups in total. The van der Waals surface area contributed by atoms with E-state index in [1.54, 1.807) is 60.7 Å². The van der Waals surface area contributed by atoms with E-state index in [9.17, 15) is 14.4 Å². The maximum Gasteiger partial charge on any atom is 0.272 e. The quantitative estimate of drug-likeness (QED) is 0.0748. The summed E-state index contributed by atoms with van der Waals surface area (Å²) in [5.41, 5.74) is 4.16. The van der Waals surface area contributed by atoms with Crippen LogP contribution in [-0.2, 0) is 16.2 Å². The van der Waals surface area contributed by atoms with Gasteiger partial charge in [-0.05, 0) is 78.2 Å². The average Bonchev–Trinajstić information content (AvgIpc) is 3.66. The number of amides is 3. The molecule has 6 rings (SSSR count). The molecule has 12 heteroatoms. The van der Waals surface area contributed by atoms with Crippen molar-refractivity contribution in [3.8, 4) is 17.0 Å². The first kappa shape index (κ1) is 38.3. The first-order chi connectivity index (χ1) is 26.2. The van der Waals surface area contributed by atoms with Gasteiger partial charge in [0.1, 0.15) is 18.1 Å². The fourth-order valence-corrected chi connectivity index (χ4v) is 7.18. The molecule has 1 heterocycles. The molecule has 272 valence electrons. The van der Waals surface area contributed by atoms with Crippen molar-refractivity contribution < 1.29 is 19.1 Å². The number of thioether (sulfide) groups is 1. The number of anilines is 2. The van der Waals surface area contributed by atoms with Gasteiger partial charge in [-0.3, -0.25) is 14.4 Å². The maximum absolute atomic E-state index is 13.7. The number of ether oxygens (including phenoxy) is 1. The molecular weight excluding hydrogens is 760 g/mol. The van der Waals surface area contributed by atoms with E-state index in [1.165, 1.54) is 23.1 Å². The van der Waals surface area contributed by atoms with Crippen molar-refractivity contribution in [3.05, 3.63) is 165 Å². The number of hydrogen-bond acceptors (Lipinski definition) is 7. The molecule has 0 fully saturated rings. The third-order valence-corrected chi connectivity index (χ3v) is 10.8. The van der Waals surface area contributed by atoms with Gasteiger partial charge in [-0.15, -0.1) is 23.1 Å². The highest BCUT2D eigenvalue weighted by Crippen LogP contribution is 2.32. The van der Waals surface area contributed by atoms with Crippen molar-refractivity contribution in [3.63, 3.8) is 0 Å². The summed E-state index contributed by atoms with van der Waals surface area (Å²) in [6.07, 6.45) is 2.16. The van der Waals surface area contributed by atoms with E-state index in [4.69, 9.17) is 27.9 Å². The number of carbonyl (C=O) groups excluding carboxylic acids is 3. The van der Waals surface area contributed by atoms with E-state index in [0.29, 0.717) is 56.5 Å². The molecule has 0 bridgehead atoms. The van der Waals surface area contributed by atoms with Gasteiger partial charge in [0.25, 0.3) is 11.8 Å². The van der Waals surface area contributed by atoms with E-state index < -0.39 is 17.1 Å². The van der Waals surface area contributed by atoms with Crippen LogP contribution in [0.25, 0.3) is 17.3 Å². The third kappa shape index (κ3) is 10.6. The minimum Gasteiger partial charge on any atom is -0.489 e. The fraction of sp³-hybridized carbons (Fsp3) is 0.0952. The van der Waals surface area contributed by atoms with Crippen LogP contribution in [0.2, 0.25) is 10.0 Å². The van der Waals surface area contributed by atoms with E-state index in [1.807, 2.05) is 85.1 Å². The molecule has 5 aromatic carbocycles. The van der Waals surface area contributed by atoms with Crippen molar-refractivity contribution >= 4 is 80.9 Å². The van der Waals surface area contributed by atoms with Crippen LogP contribution in [0, 0.1) is 0 Å². The minimum atomic E-state index is -0.517. The standard InChI is InChI=1S/C42H34Cl2N4O4S2/c1-2-38(41(51)48-42-47-37(26-53-42)30-18-21-34(43)35(44)23-30)54-33-15-9-14-31(24-33)45-40(50)36(46-39(49)29-12-7-4-8-13-29)22-27-16-19-32(20-17-27)52-25-28-10-5-3-6-11-28/h3-24,26,38H,2,25H2,1H3,(H,45,50)(H,46,49)(H,47,48,51)/b36-22-. The molecule has 8 nitrogen and oxygen atoms in total. The Bertz CT molecular complexity index is 2270. The zero-order chi connectivity index (χ0) is 37.9. The van der Waals surface area contributed by atoms with Crippen molar-refractivity contribution in [2.24, 2.45) is 0 Å². The Hall–Kier alpha value is -5.39. The van der Waals surface area contributed by atoms with Crippen LogP contribution in [0.5, 0.6) is 5.75 Å². The summed E-state index contributed by atoms with van der Waals surface area (Å²) in [6.45, 7) is 2.35. The van der Waals surface area contributed by atoms with Crippen LogP contribution in [-0.4, -0.2) is 28.0 Å². The summed E-state index contributed by atoms with van der Waals surface area (Å²) in [7, 11) is 0. The number of halogens is 2. The number of nitrogens with one attached hydrogen (secondary N) is 3. The molecule has 6 aromatic rings. The lowest BCUT2D eigenvalue weighted by atomic mass is 10.1. The lowest BCUT2D eigenvalue weighted by molar-refractivity contribution is -0.116. The normalized spacial score (nSPS) is 11.7. The molecule has 1 unspecified atom stereocenters. The second-order valence-corrected chi connectivity index (χ2v) is 14.8. The Morgan fingerprint density at radius 1 is 0.833 bits per heavy atom. The van der Waals surface area contributed by atoms with Gasteiger partial charge in [-0.25, -0.2) is 4.98 Å². The topological polar surface area (TPSA) is 109 Å². The van der Waals surface area contributed by atoms with Crippen molar-refractivity contribution in [1.82, 2.24) is 10.3 Å². The molecule has 1 atom stereocenters. The van der Waals surface area contributed by atoms with Gasteiger partial charge in [-0.2, -0.15) is 0 Å². The molecule has 0 saturated heterocycles. The van der Waals surface area contributed by atoms with Crippen LogP contribution in [0.1, 0.15) is 34.8 Å². The van der Waals surface area contributed by atoms with Crippen LogP contribution in [0.3, 0.4) is 0 Å². The van der Waals surface area contributed by atoms with E-state index in [-0.39, 0.29) is 11.6 Å². The fourth-order valence-electron chi connectivity index (χ4n) is 5.15. The Morgan fingerprint density at radius 3 is 2.30 bits per heavy atom. The second kappa shape index (κ2) is 18.6. The Balaban J connectivity index is 1.13. The number of thiazole rings is 1. The molecule has 0 aliphatic carbocycles. The largest absolute Gasteiger partial charge is 0.489 e. The summed E-state index contributed by atoms with van der Waals surface area (Å²) >= 11 is 14.9. The maximum atomic E-state index is 13.7. The molecule has 0 aliphatic heterocycles. The van der Waals surface area contributed by atoms with Crippen LogP contribution < -0.4 is 20.7 Å². The lowest BCUT2D eigenvalue weighted by Gasteiger charge is -2.15. The highest BCUT2D eigenvalue weighted by atomic mass is 35.5. The van der Waals surface area contributed by atoms with Gasteiger partial charge in [0, 0.05) is 27.1 Å². The number of aromatic nitrogens is 1. The highest BCUT2D eigenvalue weighted by Gasteiger charge is 2.21. The van der Waals surface area contributed by atoms with Crippen LogP contribution in [0.15, 0.2) is 143 Å². The highest BCUT2D eigenvalue weighted by molar-refractivity contribution is 8.00. The number of carbonyl (C=O) groups is 3. The molecule has 1 aromatic heterocycles. The average molecular weight is 794 g/mol. The van der Waals surface area contributed by atoms with Crippen molar-refractivity contribution in [2.45, 2.75) is 30.1 Å². The summed E-state index contributed by atoms with van der Waals surface area (Å²) in [5.74, 6) is -0.469. The van der Waals surface area contributed by atoms with Gasteiger partial charge in [-0.1, -0.05) is 103 Å². The SMILES string of the molecule is CCC(Sc1cccc(NC(=O)/C(=C/c2ccc(OCc3ccccc3)cc2)NC(=O)c2ccccc2)c1)C(=O)Nc1nc(-c2ccc(Cl)c(Cl)c2)cs1. The predicted octanol–water partition coefficient (Wildman–Crippen LogP) is 10.6. The number of rotatable bonds is 14. The van der Waals surface area contributed by atoms with Gasteiger partial charge >= 0.3 is 0 Å². The van der Waals surface area contributed by atoms with E-state index in [2.05, 4.69) is 20.9 Å². The van der Waals surface area contributed by atoms with E-state index in [0.717, 1.165) is 16.0 Å². The molecule has 0 spiro atoms. The Morgan fingerprint density at radius 2 is 1.57 bits per heavy atom. The molecule has 0 aliphatic rings. The van der Waals surface area contributed by atoms with Crippen LogP contribution in [0.4, 0.5) is 10.8 Å². The van der Waals surface area contributed by atoms with Crippen molar-refractivity contribution in [2.75, 3.05) is 10.6 Å². The summed E-state index contributed by atoms with van der Waals surface area (Å²) in [4.78, 5) is 45.6. The molecule has 0 saturated carbocycles. The smallest absolute Gasteiger partial charge is 0.272 e. The predicted molar refractivity (Wildman–Crippen MR) is 220 cm³/mol. The van der Waals surface area contributed by atoms with Gasteiger partial charge < -0.3 is 20.7 Å². The molecule has 3 amide bonds. The summed E-state index contributed by atoms with van der Waals surface area (Å²) < 4.78 is 5.91.